The van der Waals surface area contributed by atoms with Crippen molar-refractivity contribution in [1.29, 1.82) is 0 Å². The van der Waals surface area contributed by atoms with Gasteiger partial charge in [-0.25, -0.2) is 4.79 Å². The molecule has 3 aromatic rings. The second kappa shape index (κ2) is 7.72. The van der Waals surface area contributed by atoms with Crippen molar-refractivity contribution < 1.29 is 19.4 Å². The van der Waals surface area contributed by atoms with E-state index < -0.39 is 5.97 Å². The molecule has 3 atom stereocenters. The molecule has 1 saturated heterocycles. The average Bonchev–Trinajstić information content (AvgIpc) is 3.42. The van der Waals surface area contributed by atoms with E-state index in [9.17, 15) is 9.90 Å². The number of aromatic nitrogens is 1. The van der Waals surface area contributed by atoms with E-state index >= 15 is 0 Å². The first-order chi connectivity index (χ1) is 15.0. The first-order valence-electron chi connectivity index (χ1n) is 11.2. The first-order valence-corrected chi connectivity index (χ1v) is 11.2. The van der Waals surface area contributed by atoms with Gasteiger partial charge in [-0.1, -0.05) is 18.2 Å². The summed E-state index contributed by atoms with van der Waals surface area (Å²) in [6.45, 7) is 5.05. The summed E-state index contributed by atoms with van der Waals surface area (Å²) in [5.74, 6) is 0.204. The molecule has 2 aliphatic rings. The van der Waals surface area contributed by atoms with Crippen LogP contribution in [0, 0.1) is 13.8 Å². The molecule has 5 heteroatoms. The van der Waals surface area contributed by atoms with Gasteiger partial charge in [0.15, 0.2) is 0 Å². The number of hydrogen-bond donors (Lipinski definition) is 2. The molecular formula is C26H29NO4. The molecule has 1 saturated carbocycles. The summed E-state index contributed by atoms with van der Waals surface area (Å²) in [4.78, 5) is 14.7. The van der Waals surface area contributed by atoms with Crippen LogP contribution >= 0.6 is 0 Å². The summed E-state index contributed by atoms with van der Waals surface area (Å²) in [5.41, 5.74) is 4.85. The van der Waals surface area contributed by atoms with Gasteiger partial charge < -0.3 is 19.6 Å². The van der Waals surface area contributed by atoms with Crippen molar-refractivity contribution in [2.45, 2.75) is 63.6 Å². The predicted octanol–water partition coefficient (Wildman–Crippen LogP) is 5.75. The summed E-state index contributed by atoms with van der Waals surface area (Å²) in [7, 11) is 0. The largest absolute Gasteiger partial charge is 0.489 e. The third kappa shape index (κ3) is 3.61. The van der Waals surface area contributed by atoms with Gasteiger partial charge in [0, 0.05) is 24.1 Å². The number of hydrogen-bond acceptors (Lipinski definition) is 3. The lowest BCUT2D eigenvalue weighted by molar-refractivity contribution is -0.0558. The Balaban J connectivity index is 1.50. The van der Waals surface area contributed by atoms with E-state index in [0.717, 1.165) is 66.5 Å². The van der Waals surface area contributed by atoms with E-state index in [1.807, 2.05) is 18.3 Å². The first kappa shape index (κ1) is 20.1. The van der Waals surface area contributed by atoms with Gasteiger partial charge in [-0.2, -0.15) is 0 Å². The molecule has 0 radical (unpaired) electrons. The van der Waals surface area contributed by atoms with Gasteiger partial charge in [0.1, 0.15) is 11.9 Å². The molecule has 0 bridgehead atoms. The maximum atomic E-state index is 11.3. The normalized spacial score (nSPS) is 25.9. The van der Waals surface area contributed by atoms with Crippen LogP contribution in [0.5, 0.6) is 5.75 Å². The lowest BCUT2D eigenvalue weighted by Gasteiger charge is -2.42. The number of carboxylic acid groups (broad SMARTS) is 1. The molecular weight excluding hydrogens is 390 g/mol. The van der Waals surface area contributed by atoms with Gasteiger partial charge in [-0.05, 0) is 80.8 Å². The zero-order valence-corrected chi connectivity index (χ0v) is 18.1. The van der Waals surface area contributed by atoms with Crippen LogP contribution in [0.4, 0.5) is 0 Å². The van der Waals surface area contributed by atoms with Crippen molar-refractivity contribution in [2.24, 2.45) is 0 Å². The second-order valence-electron chi connectivity index (χ2n) is 9.17. The van der Waals surface area contributed by atoms with Crippen LogP contribution in [-0.2, 0) is 4.74 Å². The van der Waals surface area contributed by atoms with Gasteiger partial charge in [0.05, 0.1) is 16.7 Å². The van der Waals surface area contributed by atoms with Gasteiger partial charge in [0.25, 0.3) is 0 Å². The fraction of sp³-hybridized carbons (Fsp3) is 0.423. The minimum absolute atomic E-state index is 0.0185. The molecule has 2 aromatic carbocycles. The Morgan fingerprint density at radius 1 is 1.16 bits per heavy atom. The van der Waals surface area contributed by atoms with E-state index in [1.54, 1.807) is 12.1 Å². The molecule has 1 spiro atoms. The number of carbonyl (C=O) groups is 1. The van der Waals surface area contributed by atoms with Crippen LogP contribution in [0.25, 0.3) is 10.9 Å². The van der Waals surface area contributed by atoms with Crippen molar-refractivity contribution in [3.63, 3.8) is 0 Å². The molecule has 1 aliphatic heterocycles. The number of H-pyrrole nitrogens is 1. The van der Waals surface area contributed by atoms with Crippen LogP contribution in [0.15, 0.2) is 42.6 Å². The monoisotopic (exact) mass is 419 g/mol. The Morgan fingerprint density at radius 3 is 2.68 bits per heavy atom. The Hall–Kier alpha value is -2.79. The zero-order valence-electron chi connectivity index (χ0n) is 18.1. The SMILES string of the molecule is Cc1cc(C)c2[nH]ccc2c1O[C@@H]1CC[C@]2(CCCO2)C[C@H]1c1ccc(C(=O)O)cc1. The van der Waals surface area contributed by atoms with Crippen molar-refractivity contribution in [3.8, 4) is 5.75 Å². The number of aryl methyl sites for hydroxylation is 2. The molecule has 5 nitrogen and oxygen atoms in total. The molecule has 2 fully saturated rings. The van der Waals surface area contributed by atoms with E-state index in [0.29, 0.717) is 5.56 Å². The van der Waals surface area contributed by atoms with Crippen LogP contribution in [-0.4, -0.2) is 34.4 Å². The topological polar surface area (TPSA) is 71.5 Å². The highest BCUT2D eigenvalue weighted by Crippen LogP contribution is 2.47. The Kier molecular flexibility index (Phi) is 5.01. The van der Waals surface area contributed by atoms with E-state index in [2.05, 4.69) is 31.0 Å². The van der Waals surface area contributed by atoms with Crippen LogP contribution in [0.3, 0.4) is 0 Å². The van der Waals surface area contributed by atoms with Gasteiger partial charge in [-0.3, -0.25) is 0 Å². The maximum absolute atomic E-state index is 11.3. The fourth-order valence-electron chi connectivity index (χ4n) is 5.57. The number of aromatic amines is 1. The quantitative estimate of drug-likeness (QED) is 0.565. The highest BCUT2D eigenvalue weighted by Gasteiger charge is 2.45. The molecule has 2 heterocycles. The van der Waals surface area contributed by atoms with Crippen LogP contribution < -0.4 is 4.74 Å². The van der Waals surface area contributed by atoms with Crippen molar-refractivity contribution in [1.82, 2.24) is 4.98 Å². The molecule has 31 heavy (non-hydrogen) atoms. The highest BCUT2D eigenvalue weighted by atomic mass is 16.5. The second-order valence-corrected chi connectivity index (χ2v) is 9.17. The summed E-state index contributed by atoms with van der Waals surface area (Å²) in [6, 6.07) is 11.6. The summed E-state index contributed by atoms with van der Waals surface area (Å²) >= 11 is 0. The number of aromatic carboxylic acids is 1. The van der Waals surface area contributed by atoms with Crippen LogP contribution in [0.2, 0.25) is 0 Å². The molecule has 5 rings (SSSR count). The zero-order chi connectivity index (χ0) is 21.6. The smallest absolute Gasteiger partial charge is 0.335 e. The van der Waals surface area contributed by atoms with Crippen molar-refractivity contribution in [3.05, 3.63) is 64.8 Å². The minimum atomic E-state index is -0.899. The third-order valence-corrected chi connectivity index (χ3v) is 7.14. The lowest BCUT2D eigenvalue weighted by atomic mass is 9.72. The highest BCUT2D eigenvalue weighted by molar-refractivity contribution is 5.90. The summed E-state index contributed by atoms with van der Waals surface area (Å²) < 4.78 is 13.0. The number of ether oxygens (including phenoxy) is 2. The Morgan fingerprint density at radius 2 is 1.97 bits per heavy atom. The predicted molar refractivity (Wildman–Crippen MR) is 120 cm³/mol. The van der Waals surface area contributed by atoms with Gasteiger partial charge in [-0.15, -0.1) is 0 Å². The number of carboxylic acids is 1. The fourth-order valence-corrected chi connectivity index (χ4v) is 5.57. The van der Waals surface area contributed by atoms with E-state index in [4.69, 9.17) is 9.47 Å². The number of nitrogens with one attached hydrogen (secondary N) is 1. The maximum Gasteiger partial charge on any atom is 0.335 e. The van der Waals surface area contributed by atoms with Crippen molar-refractivity contribution in [2.75, 3.05) is 6.61 Å². The number of fused-ring (bicyclic) bond motifs is 1. The average molecular weight is 420 g/mol. The Bertz CT molecular complexity index is 1110. The Labute approximate surface area is 182 Å². The lowest BCUT2D eigenvalue weighted by Crippen LogP contribution is -2.42. The molecule has 0 unspecified atom stereocenters. The molecule has 162 valence electrons. The number of rotatable bonds is 4. The van der Waals surface area contributed by atoms with Gasteiger partial charge in [0.2, 0.25) is 0 Å². The summed E-state index contributed by atoms with van der Waals surface area (Å²) in [6.07, 6.45) is 7.02. The van der Waals surface area contributed by atoms with Gasteiger partial charge >= 0.3 is 5.97 Å². The summed E-state index contributed by atoms with van der Waals surface area (Å²) in [5, 5.41) is 10.4. The molecule has 1 aromatic heterocycles. The van der Waals surface area contributed by atoms with E-state index in [-0.39, 0.29) is 17.6 Å². The van der Waals surface area contributed by atoms with Crippen LogP contribution in [0.1, 0.15) is 65.1 Å². The third-order valence-electron chi connectivity index (χ3n) is 7.14. The molecule has 0 amide bonds. The van der Waals surface area contributed by atoms with Crippen molar-refractivity contribution >= 4 is 16.9 Å². The standard InChI is InChI=1S/C26H29NO4/c1-16-14-17(2)24(20-9-12-27-23(16)20)31-22-8-11-26(10-3-13-30-26)15-21(22)18-4-6-19(7-5-18)25(28)29/h4-7,9,12,14,21-22,27H,3,8,10-11,13,15H2,1-2H3,(H,28,29)/t21-,22+,26+/m0/s1. The van der Waals surface area contributed by atoms with E-state index in [1.165, 1.54) is 5.56 Å². The molecule has 2 N–H and O–H groups in total. The molecule has 1 aliphatic carbocycles. The minimum Gasteiger partial charge on any atom is -0.489 e. The number of benzene rings is 2.